The minimum Gasteiger partial charge on any atom is -0.493 e. The van der Waals surface area contributed by atoms with Gasteiger partial charge in [0.15, 0.2) is 23.0 Å². The van der Waals surface area contributed by atoms with Crippen molar-refractivity contribution in [1.82, 2.24) is 0 Å². The van der Waals surface area contributed by atoms with Crippen LogP contribution in [0.4, 0.5) is 0 Å². The molecule has 2 aliphatic heterocycles. The van der Waals surface area contributed by atoms with Crippen LogP contribution in [0.5, 0.6) is 23.0 Å². The molecule has 0 fully saturated rings. The van der Waals surface area contributed by atoms with Crippen molar-refractivity contribution < 1.29 is 23.7 Å². The first-order valence-electron chi connectivity index (χ1n) is 7.44. The number of aldehydes is 1. The van der Waals surface area contributed by atoms with E-state index in [1.54, 1.807) is 13.2 Å². The third kappa shape index (κ3) is 2.11. The predicted molar refractivity (Wildman–Crippen MR) is 82.7 cm³/mol. The van der Waals surface area contributed by atoms with Gasteiger partial charge in [0.25, 0.3) is 0 Å². The summed E-state index contributed by atoms with van der Waals surface area (Å²) in [5.41, 5.74) is 2.57. The second-order valence-corrected chi connectivity index (χ2v) is 5.70. The second kappa shape index (κ2) is 5.19. The number of carbonyl (C=O) groups excluding carboxylic acids is 1. The molecule has 2 aromatic rings. The van der Waals surface area contributed by atoms with Crippen LogP contribution in [0, 0.1) is 0 Å². The van der Waals surface area contributed by atoms with Gasteiger partial charge in [-0.2, -0.15) is 0 Å². The Bertz CT molecular complexity index is 783. The molecule has 118 valence electrons. The molecule has 5 heteroatoms. The van der Waals surface area contributed by atoms with E-state index in [0.29, 0.717) is 17.1 Å². The van der Waals surface area contributed by atoms with Gasteiger partial charge in [0.1, 0.15) is 12.4 Å². The van der Waals surface area contributed by atoms with Gasteiger partial charge < -0.3 is 18.9 Å². The molecule has 5 nitrogen and oxygen atoms in total. The highest BCUT2D eigenvalue weighted by Crippen LogP contribution is 2.51. The monoisotopic (exact) mass is 312 g/mol. The molecule has 2 aliphatic rings. The molecule has 0 spiro atoms. The van der Waals surface area contributed by atoms with Gasteiger partial charge in [-0.1, -0.05) is 13.0 Å². The van der Waals surface area contributed by atoms with E-state index >= 15 is 0 Å². The zero-order valence-corrected chi connectivity index (χ0v) is 12.9. The summed E-state index contributed by atoms with van der Waals surface area (Å²) in [5.74, 6) is 2.86. The third-order valence-corrected chi connectivity index (χ3v) is 4.38. The quantitative estimate of drug-likeness (QED) is 0.812. The first kappa shape index (κ1) is 13.9. The van der Waals surface area contributed by atoms with Crippen molar-refractivity contribution in [3.05, 3.63) is 47.0 Å². The van der Waals surface area contributed by atoms with Crippen molar-refractivity contribution in [3.8, 4) is 23.0 Å². The molecule has 0 saturated heterocycles. The average Bonchev–Trinajstić information content (AvgIpc) is 3.18. The summed E-state index contributed by atoms with van der Waals surface area (Å²) < 4.78 is 22.3. The average molecular weight is 312 g/mol. The highest BCUT2D eigenvalue weighted by Gasteiger charge is 2.35. The van der Waals surface area contributed by atoms with Crippen LogP contribution in [0.3, 0.4) is 0 Å². The van der Waals surface area contributed by atoms with Crippen LogP contribution in [-0.4, -0.2) is 20.2 Å². The number of benzene rings is 2. The molecule has 2 unspecified atom stereocenters. The number of ether oxygens (including phenoxy) is 4. The predicted octanol–water partition coefficient (Wildman–Crippen LogP) is 3.47. The maximum atomic E-state index is 11.1. The molecule has 4 rings (SSSR count). The molecular formula is C18H16O5. The number of hydrogen-bond donors (Lipinski definition) is 0. The van der Waals surface area contributed by atoms with Gasteiger partial charge in [-0.25, -0.2) is 0 Å². The molecule has 0 amide bonds. The van der Waals surface area contributed by atoms with Gasteiger partial charge >= 0.3 is 0 Å². The Balaban J connectivity index is 1.74. The van der Waals surface area contributed by atoms with Crippen molar-refractivity contribution in [2.45, 2.75) is 18.9 Å². The summed E-state index contributed by atoms with van der Waals surface area (Å²) in [6.07, 6.45) is 0.666. The van der Waals surface area contributed by atoms with Crippen LogP contribution in [0.1, 0.15) is 40.4 Å². The van der Waals surface area contributed by atoms with E-state index < -0.39 is 0 Å². The zero-order chi connectivity index (χ0) is 16.0. The molecule has 0 radical (unpaired) electrons. The molecular weight excluding hydrogens is 296 g/mol. The number of fused-ring (bicyclic) bond motifs is 2. The third-order valence-electron chi connectivity index (χ3n) is 4.38. The largest absolute Gasteiger partial charge is 0.493 e. The maximum absolute atomic E-state index is 11.1. The van der Waals surface area contributed by atoms with Crippen LogP contribution in [0.25, 0.3) is 0 Å². The molecule has 2 aromatic carbocycles. The lowest BCUT2D eigenvalue weighted by atomic mass is 9.91. The minimum absolute atomic E-state index is 0.0965. The van der Waals surface area contributed by atoms with Crippen LogP contribution >= 0.6 is 0 Å². The molecule has 2 atom stereocenters. The van der Waals surface area contributed by atoms with E-state index in [-0.39, 0.29) is 18.8 Å². The molecule has 0 saturated carbocycles. The Morgan fingerprint density at radius 2 is 2.00 bits per heavy atom. The molecule has 2 heterocycles. The SMILES string of the molecule is COc1cc(C=O)cc2c1OC(c1ccc3c(c1)OCO3)C2C. The Labute approximate surface area is 133 Å². The zero-order valence-electron chi connectivity index (χ0n) is 12.9. The van der Waals surface area contributed by atoms with Crippen molar-refractivity contribution >= 4 is 6.29 Å². The Morgan fingerprint density at radius 3 is 2.78 bits per heavy atom. The fourth-order valence-electron chi connectivity index (χ4n) is 3.17. The minimum atomic E-state index is -0.157. The smallest absolute Gasteiger partial charge is 0.231 e. The molecule has 0 aliphatic carbocycles. The van der Waals surface area contributed by atoms with Gasteiger partial charge in [-0.05, 0) is 29.8 Å². The maximum Gasteiger partial charge on any atom is 0.231 e. The van der Waals surface area contributed by atoms with Crippen LogP contribution in [-0.2, 0) is 0 Å². The summed E-state index contributed by atoms with van der Waals surface area (Å²) in [6.45, 7) is 2.33. The summed E-state index contributed by atoms with van der Waals surface area (Å²) in [6, 6.07) is 9.38. The number of methoxy groups -OCH3 is 1. The van der Waals surface area contributed by atoms with Gasteiger partial charge in [0.05, 0.1) is 7.11 Å². The molecule has 0 aromatic heterocycles. The standard InChI is InChI=1S/C18H16O5/c1-10-13-5-11(8-19)6-16(20-2)18(13)23-17(10)12-3-4-14-15(7-12)22-9-21-14/h3-8,10,17H,9H2,1-2H3. The fourth-order valence-corrected chi connectivity index (χ4v) is 3.17. The van der Waals surface area contributed by atoms with Gasteiger partial charge in [0.2, 0.25) is 6.79 Å². The lowest BCUT2D eigenvalue weighted by Crippen LogP contribution is -2.07. The normalized spacial score (nSPS) is 20.8. The van der Waals surface area contributed by atoms with Crippen molar-refractivity contribution in [1.29, 1.82) is 0 Å². The Kier molecular flexibility index (Phi) is 3.15. The molecule has 0 N–H and O–H groups in total. The first-order chi connectivity index (χ1) is 11.2. The van der Waals surface area contributed by atoms with Gasteiger partial charge in [-0.15, -0.1) is 0 Å². The van der Waals surface area contributed by atoms with E-state index in [2.05, 4.69) is 6.92 Å². The second-order valence-electron chi connectivity index (χ2n) is 5.70. The van der Waals surface area contributed by atoms with E-state index in [9.17, 15) is 4.79 Å². The highest BCUT2D eigenvalue weighted by atomic mass is 16.7. The Morgan fingerprint density at radius 1 is 1.17 bits per heavy atom. The van der Waals surface area contributed by atoms with Gasteiger partial charge in [-0.3, -0.25) is 4.79 Å². The van der Waals surface area contributed by atoms with Crippen molar-refractivity contribution in [3.63, 3.8) is 0 Å². The summed E-state index contributed by atoms with van der Waals surface area (Å²) in [7, 11) is 1.58. The van der Waals surface area contributed by atoms with Crippen molar-refractivity contribution in [2.24, 2.45) is 0 Å². The van der Waals surface area contributed by atoms with Crippen LogP contribution in [0.15, 0.2) is 30.3 Å². The highest BCUT2D eigenvalue weighted by molar-refractivity contribution is 5.78. The number of hydrogen-bond acceptors (Lipinski definition) is 5. The summed E-state index contributed by atoms with van der Waals surface area (Å²) in [4.78, 5) is 11.1. The fraction of sp³-hybridized carbons (Fsp3) is 0.278. The van der Waals surface area contributed by atoms with E-state index in [4.69, 9.17) is 18.9 Å². The topological polar surface area (TPSA) is 54.0 Å². The van der Waals surface area contributed by atoms with E-state index in [1.165, 1.54) is 0 Å². The lowest BCUT2D eigenvalue weighted by Gasteiger charge is -2.16. The van der Waals surface area contributed by atoms with Gasteiger partial charge in [0, 0.05) is 17.0 Å². The first-order valence-corrected chi connectivity index (χ1v) is 7.44. The lowest BCUT2D eigenvalue weighted by molar-refractivity contribution is 0.112. The van der Waals surface area contributed by atoms with Crippen LogP contribution < -0.4 is 18.9 Å². The molecule has 0 bridgehead atoms. The van der Waals surface area contributed by atoms with Crippen LogP contribution in [0.2, 0.25) is 0 Å². The van der Waals surface area contributed by atoms with E-state index in [1.807, 2.05) is 24.3 Å². The molecule has 23 heavy (non-hydrogen) atoms. The Hall–Kier alpha value is -2.69. The number of carbonyl (C=O) groups is 1. The summed E-state index contributed by atoms with van der Waals surface area (Å²) in [5, 5.41) is 0. The summed E-state index contributed by atoms with van der Waals surface area (Å²) >= 11 is 0. The van der Waals surface area contributed by atoms with E-state index in [0.717, 1.165) is 28.9 Å². The number of rotatable bonds is 3. The van der Waals surface area contributed by atoms with Crippen molar-refractivity contribution in [2.75, 3.05) is 13.9 Å².